The third kappa shape index (κ3) is 3.78. The van der Waals surface area contributed by atoms with Crippen molar-refractivity contribution in [1.82, 2.24) is 4.98 Å². The molecule has 0 unspecified atom stereocenters. The van der Waals surface area contributed by atoms with Gasteiger partial charge in [0.2, 0.25) is 0 Å². The number of pyridine rings is 1. The lowest BCUT2D eigenvalue weighted by Crippen LogP contribution is -2.16. The molecule has 0 radical (unpaired) electrons. The molecule has 1 aromatic heterocycles. The maximum atomic E-state index is 13.5. The fourth-order valence-corrected chi connectivity index (χ4v) is 1.74. The molecule has 0 fully saturated rings. The molecule has 3 nitrogen and oxygen atoms in total. The van der Waals surface area contributed by atoms with Gasteiger partial charge in [-0.15, -0.1) is 0 Å². The van der Waals surface area contributed by atoms with E-state index in [1.807, 2.05) is 0 Å². The highest BCUT2D eigenvalue weighted by atomic mass is 79.9. The molecule has 2 aromatic rings. The van der Waals surface area contributed by atoms with Crippen molar-refractivity contribution in [2.45, 2.75) is 6.18 Å². The SMILES string of the molecule is O=C(Nc1ccc(Br)cn1)c1cc(C(F)(F)F)ccc1F. The van der Waals surface area contributed by atoms with Gasteiger partial charge in [-0.05, 0) is 46.3 Å². The topological polar surface area (TPSA) is 42.0 Å². The van der Waals surface area contributed by atoms with Gasteiger partial charge in [-0.3, -0.25) is 4.79 Å². The van der Waals surface area contributed by atoms with Gasteiger partial charge >= 0.3 is 6.18 Å². The predicted molar refractivity (Wildman–Crippen MR) is 71.3 cm³/mol. The van der Waals surface area contributed by atoms with E-state index in [9.17, 15) is 22.4 Å². The van der Waals surface area contributed by atoms with Crippen molar-refractivity contribution in [1.29, 1.82) is 0 Å². The van der Waals surface area contributed by atoms with Crippen molar-refractivity contribution in [2.75, 3.05) is 5.32 Å². The minimum atomic E-state index is -4.65. The van der Waals surface area contributed by atoms with Crippen LogP contribution in [0.25, 0.3) is 0 Å². The number of alkyl halides is 3. The Labute approximate surface area is 125 Å². The van der Waals surface area contributed by atoms with Crippen LogP contribution < -0.4 is 5.32 Å². The summed E-state index contributed by atoms with van der Waals surface area (Å²) in [5.74, 6) is -1.95. The Bertz CT molecular complexity index is 671. The second-order valence-corrected chi connectivity index (χ2v) is 4.92. The Balaban J connectivity index is 2.28. The number of nitrogens with zero attached hydrogens (tertiary/aromatic N) is 1. The molecule has 1 N–H and O–H groups in total. The normalized spacial score (nSPS) is 11.3. The molecular weight excluding hydrogens is 356 g/mol. The number of benzene rings is 1. The van der Waals surface area contributed by atoms with Crippen molar-refractivity contribution >= 4 is 27.7 Å². The van der Waals surface area contributed by atoms with Crippen molar-refractivity contribution in [3.8, 4) is 0 Å². The number of carbonyl (C=O) groups excluding carboxylic acids is 1. The molecule has 0 aliphatic heterocycles. The zero-order chi connectivity index (χ0) is 15.6. The molecule has 0 aliphatic rings. The van der Waals surface area contributed by atoms with Gasteiger partial charge in [0.15, 0.2) is 0 Å². The molecule has 0 spiro atoms. The monoisotopic (exact) mass is 362 g/mol. The van der Waals surface area contributed by atoms with E-state index in [4.69, 9.17) is 0 Å². The molecule has 1 aromatic carbocycles. The van der Waals surface area contributed by atoms with Crippen LogP contribution in [0.5, 0.6) is 0 Å². The van der Waals surface area contributed by atoms with E-state index in [2.05, 4.69) is 26.2 Å². The number of carbonyl (C=O) groups is 1. The van der Waals surface area contributed by atoms with Crippen LogP contribution in [-0.2, 0) is 6.18 Å². The summed E-state index contributed by atoms with van der Waals surface area (Å²) in [5.41, 5.74) is -1.80. The molecule has 110 valence electrons. The van der Waals surface area contributed by atoms with Gasteiger partial charge in [-0.25, -0.2) is 9.37 Å². The highest BCUT2D eigenvalue weighted by molar-refractivity contribution is 9.10. The van der Waals surface area contributed by atoms with Crippen LogP contribution >= 0.6 is 15.9 Å². The zero-order valence-corrected chi connectivity index (χ0v) is 11.8. The standard InChI is InChI=1S/C13H7BrF4N2O/c14-8-2-4-11(19-6-8)20-12(21)9-5-7(13(16,17)18)1-3-10(9)15/h1-6H,(H,19,20,21). The van der Waals surface area contributed by atoms with Crippen molar-refractivity contribution in [2.24, 2.45) is 0 Å². The summed E-state index contributed by atoms with van der Waals surface area (Å²) in [4.78, 5) is 15.6. The first-order valence-electron chi connectivity index (χ1n) is 5.57. The summed E-state index contributed by atoms with van der Waals surface area (Å²) in [5, 5.41) is 2.23. The second-order valence-electron chi connectivity index (χ2n) is 4.01. The molecule has 1 amide bonds. The van der Waals surface area contributed by atoms with Crippen LogP contribution in [-0.4, -0.2) is 10.9 Å². The third-order valence-corrected chi connectivity index (χ3v) is 2.98. The van der Waals surface area contributed by atoms with Gasteiger partial charge in [0.25, 0.3) is 5.91 Å². The Morgan fingerprint density at radius 3 is 2.48 bits per heavy atom. The van der Waals surface area contributed by atoms with Gasteiger partial charge in [0, 0.05) is 10.7 Å². The third-order valence-electron chi connectivity index (χ3n) is 2.51. The summed E-state index contributed by atoms with van der Waals surface area (Å²) in [6.45, 7) is 0. The van der Waals surface area contributed by atoms with Crippen LogP contribution in [0, 0.1) is 5.82 Å². The molecular formula is C13H7BrF4N2O. The number of amides is 1. The Hall–Kier alpha value is -1.96. The Morgan fingerprint density at radius 2 is 1.90 bits per heavy atom. The largest absolute Gasteiger partial charge is 0.416 e. The van der Waals surface area contributed by atoms with E-state index in [0.29, 0.717) is 22.7 Å². The minimum absolute atomic E-state index is 0.0972. The second kappa shape index (κ2) is 5.80. The van der Waals surface area contributed by atoms with Crippen LogP contribution in [0.4, 0.5) is 23.4 Å². The number of halogens is 5. The minimum Gasteiger partial charge on any atom is -0.306 e. The first-order chi connectivity index (χ1) is 9.77. The van der Waals surface area contributed by atoms with Crippen molar-refractivity contribution in [3.05, 3.63) is 57.9 Å². The van der Waals surface area contributed by atoms with Gasteiger partial charge < -0.3 is 5.32 Å². The maximum absolute atomic E-state index is 13.5. The van der Waals surface area contributed by atoms with Gasteiger partial charge in [-0.1, -0.05) is 0 Å². The molecule has 21 heavy (non-hydrogen) atoms. The lowest BCUT2D eigenvalue weighted by Gasteiger charge is -2.10. The number of hydrogen-bond acceptors (Lipinski definition) is 2. The van der Waals surface area contributed by atoms with Crippen molar-refractivity contribution in [3.63, 3.8) is 0 Å². The molecule has 0 bridgehead atoms. The lowest BCUT2D eigenvalue weighted by atomic mass is 10.1. The smallest absolute Gasteiger partial charge is 0.306 e. The highest BCUT2D eigenvalue weighted by Gasteiger charge is 2.31. The van der Waals surface area contributed by atoms with Gasteiger partial charge in [0.1, 0.15) is 11.6 Å². The fourth-order valence-electron chi connectivity index (χ4n) is 1.51. The van der Waals surface area contributed by atoms with Gasteiger partial charge in [-0.2, -0.15) is 13.2 Å². The molecule has 8 heteroatoms. The molecule has 0 atom stereocenters. The average molecular weight is 363 g/mol. The van der Waals surface area contributed by atoms with Crippen LogP contribution in [0.3, 0.4) is 0 Å². The maximum Gasteiger partial charge on any atom is 0.416 e. The van der Waals surface area contributed by atoms with E-state index in [-0.39, 0.29) is 5.82 Å². The first-order valence-corrected chi connectivity index (χ1v) is 6.36. The average Bonchev–Trinajstić information content (AvgIpc) is 2.40. The van der Waals surface area contributed by atoms with Crippen molar-refractivity contribution < 1.29 is 22.4 Å². The molecule has 2 rings (SSSR count). The summed E-state index contributed by atoms with van der Waals surface area (Å²) in [6, 6.07) is 4.64. The molecule has 1 heterocycles. The molecule has 0 aliphatic carbocycles. The number of hydrogen-bond donors (Lipinski definition) is 1. The summed E-state index contributed by atoms with van der Waals surface area (Å²) in [6.07, 6.45) is -3.27. The first kappa shape index (κ1) is 15.4. The Morgan fingerprint density at radius 1 is 1.19 bits per heavy atom. The lowest BCUT2D eigenvalue weighted by molar-refractivity contribution is -0.137. The zero-order valence-electron chi connectivity index (χ0n) is 10.2. The number of anilines is 1. The van der Waals surface area contributed by atoms with E-state index >= 15 is 0 Å². The molecule has 0 saturated carbocycles. The van der Waals surface area contributed by atoms with E-state index in [1.165, 1.54) is 12.3 Å². The van der Waals surface area contributed by atoms with E-state index < -0.39 is 29.0 Å². The highest BCUT2D eigenvalue weighted by Crippen LogP contribution is 2.30. The van der Waals surface area contributed by atoms with E-state index in [1.54, 1.807) is 6.07 Å². The predicted octanol–water partition coefficient (Wildman–Crippen LogP) is 4.25. The van der Waals surface area contributed by atoms with Crippen LogP contribution in [0.1, 0.15) is 15.9 Å². The van der Waals surface area contributed by atoms with E-state index in [0.717, 1.165) is 0 Å². The van der Waals surface area contributed by atoms with Gasteiger partial charge in [0.05, 0.1) is 11.1 Å². The number of nitrogens with one attached hydrogen (secondary N) is 1. The van der Waals surface area contributed by atoms with Crippen LogP contribution in [0.2, 0.25) is 0 Å². The number of rotatable bonds is 2. The summed E-state index contributed by atoms with van der Waals surface area (Å²) >= 11 is 3.14. The Kier molecular flexibility index (Phi) is 4.26. The molecule has 0 saturated heterocycles. The summed E-state index contributed by atoms with van der Waals surface area (Å²) < 4.78 is 51.9. The quantitative estimate of drug-likeness (QED) is 0.811. The summed E-state index contributed by atoms with van der Waals surface area (Å²) in [7, 11) is 0. The number of aromatic nitrogens is 1. The fraction of sp³-hybridized carbons (Fsp3) is 0.0769. The van der Waals surface area contributed by atoms with Crippen LogP contribution in [0.15, 0.2) is 41.0 Å².